The van der Waals surface area contributed by atoms with Crippen LogP contribution >= 0.6 is 0 Å². The fourth-order valence-corrected chi connectivity index (χ4v) is 3.86. The summed E-state index contributed by atoms with van der Waals surface area (Å²) in [5, 5.41) is 26.0. The maximum Gasteiger partial charge on any atom is 0.490 e. The summed E-state index contributed by atoms with van der Waals surface area (Å²) in [7, 11) is 3.23. The monoisotopic (exact) mass is 483 g/mol. The Balaban J connectivity index is 1.98. The van der Waals surface area contributed by atoms with Crippen LogP contribution in [0.25, 0.3) is 11.0 Å². The van der Waals surface area contributed by atoms with Crippen molar-refractivity contribution in [1.82, 2.24) is 15.0 Å². The van der Waals surface area contributed by atoms with Gasteiger partial charge in [0, 0.05) is 36.9 Å². The van der Waals surface area contributed by atoms with E-state index >= 15 is 0 Å². The summed E-state index contributed by atoms with van der Waals surface area (Å²) in [6.45, 7) is 5.12. The molecule has 0 aliphatic rings. The number of aromatic nitrogens is 3. The molecule has 10 nitrogen and oxygen atoms in total. The standard InChI is InChI=1S/C24H34BN5O5/c1-6-7-10-24(2,15-33-3)30-22-21-19(11-17(14-26-21)25(31)32)28-23(29-22)27-13-16-8-9-18(34-4)12-20(16)35-5/h8-9,11-12,14,31-32H,6-7,10,13,15H2,1-5H3,(H2,27,28,29,30)/t24-/m1/s1. The molecule has 0 aliphatic heterocycles. The first kappa shape index (κ1) is 26.5. The van der Waals surface area contributed by atoms with Gasteiger partial charge in [-0.3, -0.25) is 4.98 Å². The van der Waals surface area contributed by atoms with Crippen LogP contribution in [0.3, 0.4) is 0 Å². The second kappa shape index (κ2) is 12.0. The van der Waals surface area contributed by atoms with Gasteiger partial charge in [0.2, 0.25) is 5.95 Å². The second-order valence-electron chi connectivity index (χ2n) is 8.66. The van der Waals surface area contributed by atoms with Gasteiger partial charge in [0.25, 0.3) is 0 Å². The van der Waals surface area contributed by atoms with Crippen molar-refractivity contribution >= 4 is 35.4 Å². The van der Waals surface area contributed by atoms with Crippen LogP contribution in [0.2, 0.25) is 0 Å². The number of nitrogens with zero attached hydrogens (tertiary/aromatic N) is 3. The molecule has 1 aromatic carbocycles. The van der Waals surface area contributed by atoms with Crippen molar-refractivity contribution in [1.29, 1.82) is 0 Å². The molecule has 0 saturated carbocycles. The lowest BCUT2D eigenvalue weighted by Crippen LogP contribution is -2.40. The molecule has 0 amide bonds. The number of unbranched alkanes of at least 4 members (excludes halogenated alkanes) is 1. The molecule has 0 fully saturated rings. The number of hydrogen-bond acceptors (Lipinski definition) is 10. The van der Waals surface area contributed by atoms with Gasteiger partial charge < -0.3 is 34.9 Å². The van der Waals surface area contributed by atoms with Gasteiger partial charge in [-0.2, -0.15) is 4.98 Å². The molecule has 0 bridgehead atoms. The number of ether oxygens (including phenoxy) is 3. The number of fused-ring (bicyclic) bond motifs is 1. The van der Waals surface area contributed by atoms with Crippen LogP contribution in [0.5, 0.6) is 11.5 Å². The summed E-state index contributed by atoms with van der Waals surface area (Å²) < 4.78 is 16.2. The molecule has 0 radical (unpaired) electrons. The summed E-state index contributed by atoms with van der Waals surface area (Å²) in [5.41, 5.74) is 1.78. The Labute approximate surface area is 206 Å². The van der Waals surface area contributed by atoms with Crippen molar-refractivity contribution in [3.63, 3.8) is 0 Å². The maximum absolute atomic E-state index is 9.63. The first-order chi connectivity index (χ1) is 16.8. The lowest BCUT2D eigenvalue weighted by molar-refractivity contribution is 0.144. The first-order valence-electron chi connectivity index (χ1n) is 11.6. The molecule has 2 heterocycles. The van der Waals surface area contributed by atoms with Crippen molar-refractivity contribution in [2.45, 2.75) is 45.2 Å². The van der Waals surface area contributed by atoms with Gasteiger partial charge in [-0.15, -0.1) is 0 Å². The summed E-state index contributed by atoms with van der Waals surface area (Å²) in [6.07, 6.45) is 4.36. The third kappa shape index (κ3) is 6.71. The van der Waals surface area contributed by atoms with E-state index in [4.69, 9.17) is 19.2 Å². The molecule has 4 N–H and O–H groups in total. The Hall–Kier alpha value is -3.15. The van der Waals surface area contributed by atoms with Crippen LogP contribution in [0.4, 0.5) is 11.8 Å². The first-order valence-corrected chi connectivity index (χ1v) is 11.6. The number of nitrogens with one attached hydrogen (secondary N) is 2. The third-order valence-corrected chi connectivity index (χ3v) is 5.75. The fourth-order valence-electron chi connectivity index (χ4n) is 3.86. The van der Waals surface area contributed by atoms with Gasteiger partial charge in [0.05, 0.1) is 31.9 Å². The summed E-state index contributed by atoms with van der Waals surface area (Å²) in [4.78, 5) is 13.7. The average molecular weight is 483 g/mol. The molecule has 1 atom stereocenters. The molecule has 188 valence electrons. The lowest BCUT2D eigenvalue weighted by Gasteiger charge is -2.31. The van der Waals surface area contributed by atoms with Crippen LogP contribution in [0.15, 0.2) is 30.5 Å². The highest BCUT2D eigenvalue weighted by Crippen LogP contribution is 2.28. The van der Waals surface area contributed by atoms with E-state index in [1.54, 1.807) is 27.4 Å². The zero-order chi connectivity index (χ0) is 25.4. The van der Waals surface area contributed by atoms with Gasteiger partial charge >= 0.3 is 7.12 Å². The van der Waals surface area contributed by atoms with Gasteiger partial charge in [-0.1, -0.05) is 19.8 Å². The van der Waals surface area contributed by atoms with E-state index in [1.807, 2.05) is 18.2 Å². The Morgan fingerprint density at radius 2 is 1.89 bits per heavy atom. The molecule has 3 aromatic rings. The molecule has 35 heavy (non-hydrogen) atoms. The summed E-state index contributed by atoms with van der Waals surface area (Å²) in [6, 6.07) is 7.18. The number of methoxy groups -OCH3 is 3. The van der Waals surface area contributed by atoms with Crippen molar-refractivity contribution in [3.05, 3.63) is 36.0 Å². The quantitative estimate of drug-likeness (QED) is 0.269. The summed E-state index contributed by atoms with van der Waals surface area (Å²) in [5.74, 6) is 2.27. The number of rotatable bonds is 13. The number of pyridine rings is 1. The minimum absolute atomic E-state index is 0.246. The summed E-state index contributed by atoms with van der Waals surface area (Å²) >= 11 is 0. The Kier molecular flexibility index (Phi) is 9.08. The minimum atomic E-state index is -1.65. The molecule has 0 saturated heterocycles. The minimum Gasteiger partial charge on any atom is -0.497 e. The predicted octanol–water partition coefficient (Wildman–Crippen LogP) is 2.34. The van der Waals surface area contributed by atoms with E-state index in [0.717, 1.165) is 24.8 Å². The van der Waals surface area contributed by atoms with Crippen molar-refractivity contribution < 1.29 is 24.3 Å². The zero-order valence-electron chi connectivity index (χ0n) is 21.0. The highest BCUT2D eigenvalue weighted by Gasteiger charge is 2.26. The SMILES string of the molecule is CCCC[C@](C)(COC)Nc1nc(NCc2ccc(OC)cc2OC)nc2cc(B(O)O)cnc12. The smallest absolute Gasteiger partial charge is 0.490 e. The molecule has 0 aliphatic carbocycles. The predicted molar refractivity (Wildman–Crippen MR) is 137 cm³/mol. The van der Waals surface area contributed by atoms with E-state index < -0.39 is 7.12 Å². The molecular formula is C24H34BN5O5. The molecule has 0 spiro atoms. The number of benzene rings is 1. The van der Waals surface area contributed by atoms with Crippen LogP contribution in [0, 0.1) is 0 Å². The van der Waals surface area contributed by atoms with Gasteiger partial charge in [-0.05, 0) is 31.5 Å². The van der Waals surface area contributed by atoms with E-state index in [-0.39, 0.29) is 11.0 Å². The van der Waals surface area contributed by atoms with Crippen molar-refractivity contribution in [3.8, 4) is 11.5 Å². The Morgan fingerprint density at radius 3 is 2.54 bits per heavy atom. The highest BCUT2D eigenvalue weighted by molar-refractivity contribution is 6.58. The highest BCUT2D eigenvalue weighted by atomic mass is 16.5. The van der Waals surface area contributed by atoms with Crippen LogP contribution in [-0.4, -0.2) is 65.6 Å². The molecule has 2 aromatic heterocycles. The molecule has 11 heteroatoms. The van der Waals surface area contributed by atoms with Crippen LogP contribution in [-0.2, 0) is 11.3 Å². The second-order valence-corrected chi connectivity index (χ2v) is 8.66. The van der Waals surface area contributed by atoms with E-state index in [9.17, 15) is 10.0 Å². The average Bonchev–Trinajstić information content (AvgIpc) is 2.85. The Morgan fingerprint density at radius 1 is 1.09 bits per heavy atom. The fraction of sp³-hybridized carbons (Fsp3) is 0.458. The number of anilines is 2. The van der Waals surface area contributed by atoms with Gasteiger partial charge in [-0.25, -0.2) is 4.98 Å². The van der Waals surface area contributed by atoms with Crippen molar-refractivity contribution in [2.24, 2.45) is 0 Å². The van der Waals surface area contributed by atoms with E-state index in [2.05, 4.69) is 34.4 Å². The van der Waals surface area contributed by atoms with Gasteiger partial charge in [0.1, 0.15) is 17.0 Å². The zero-order valence-corrected chi connectivity index (χ0v) is 21.0. The topological polar surface area (TPSA) is 131 Å². The van der Waals surface area contributed by atoms with Crippen molar-refractivity contribution in [2.75, 3.05) is 38.6 Å². The van der Waals surface area contributed by atoms with Crippen LogP contribution in [0.1, 0.15) is 38.7 Å². The molecule has 3 rings (SSSR count). The lowest BCUT2D eigenvalue weighted by atomic mass is 9.81. The van der Waals surface area contributed by atoms with Gasteiger partial charge in [0.15, 0.2) is 5.82 Å². The largest absolute Gasteiger partial charge is 0.497 e. The molecule has 0 unspecified atom stereocenters. The van der Waals surface area contributed by atoms with E-state index in [0.29, 0.717) is 47.5 Å². The normalized spacial score (nSPS) is 12.8. The van der Waals surface area contributed by atoms with E-state index in [1.165, 1.54) is 6.20 Å². The number of hydrogen-bond donors (Lipinski definition) is 4. The molecular weight excluding hydrogens is 449 g/mol. The third-order valence-electron chi connectivity index (χ3n) is 5.75. The maximum atomic E-state index is 9.63. The Bertz CT molecular complexity index is 1130. The van der Waals surface area contributed by atoms with Crippen LogP contribution < -0.4 is 25.6 Å².